The number of aliphatic imine (C=N–C) groups is 1. The van der Waals surface area contributed by atoms with Crippen molar-refractivity contribution in [3.63, 3.8) is 0 Å². The molecule has 0 aliphatic carbocycles. The molecule has 6 heteroatoms. The highest BCUT2D eigenvalue weighted by molar-refractivity contribution is 6.09. The zero-order valence-corrected chi connectivity index (χ0v) is 20.3. The van der Waals surface area contributed by atoms with Crippen LogP contribution in [0.15, 0.2) is 66.1 Å². The first-order valence-electron chi connectivity index (χ1n) is 12.1. The van der Waals surface area contributed by atoms with Crippen LogP contribution in [0.2, 0.25) is 0 Å². The Bertz CT molecular complexity index is 1340. The zero-order valence-electron chi connectivity index (χ0n) is 20.3. The van der Waals surface area contributed by atoms with Gasteiger partial charge >= 0.3 is 0 Å². The van der Waals surface area contributed by atoms with Gasteiger partial charge in [0, 0.05) is 35.1 Å². The van der Waals surface area contributed by atoms with E-state index in [2.05, 4.69) is 81.9 Å². The molecule has 0 unspecified atom stereocenters. The van der Waals surface area contributed by atoms with Gasteiger partial charge < -0.3 is 9.72 Å². The second kappa shape index (κ2) is 9.47. The number of hydrogen-bond donors (Lipinski definition) is 2. The second-order valence-corrected chi connectivity index (χ2v) is 9.63. The number of piperidine rings is 1. The van der Waals surface area contributed by atoms with E-state index in [1.54, 1.807) is 7.05 Å². The number of benzene rings is 2. The lowest BCUT2D eigenvalue weighted by atomic mass is 9.87. The minimum atomic E-state index is 0.566. The van der Waals surface area contributed by atoms with Gasteiger partial charge in [-0.1, -0.05) is 32.6 Å². The third kappa shape index (κ3) is 4.38. The van der Waals surface area contributed by atoms with Gasteiger partial charge in [0.1, 0.15) is 5.76 Å². The van der Waals surface area contributed by atoms with Crippen molar-refractivity contribution < 1.29 is 4.74 Å². The number of aromatic amines is 2. The number of likely N-dealkylation sites (tertiary alicyclic amines) is 1. The average molecular weight is 456 g/mol. The summed E-state index contributed by atoms with van der Waals surface area (Å²) >= 11 is 0. The zero-order chi connectivity index (χ0) is 23.7. The SMILES string of the molecule is C=C(CN1CCC(C(C)C)CC1)OC(=NC)c1cc(-c2cccc3[nH]ccc23)cc2[nH]ncc12. The summed E-state index contributed by atoms with van der Waals surface area (Å²) in [4.78, 5) is 10.2. The van der Waals surface area contributed by atoms with Crippen LogP contribution in [0.5, 0.6) is 0 Å². The quantitative estimate of drug-likeness (QED) is 0.213. The van der Waals surface area contributed by atoms with Crippen molar-refractivity contribution >= 4 is 27.7 Å². The minimum Gasteiger partial charge on any atom is -0.442 e. The molecular weight excluding hydrogens is 422 g/mol. The van der Waals surface area contributed by atoms with Gasteiger partial charge in [0.2, 0.25) is 5.90 Å². The summed E-state index contributed by atoms with van der Waals surface area (Å²) < 4.78 is 6.27. The highest BCUT2D eigenvalue weighted by atomic mass is 16.5. The van der Waals surface area contributed by atoms with Gasteiger partial charge in [0.25, 0.3) is 0 Å². The van der Waals surface area contributed by atoms with Crippen molar-refractivity contribution in [1.82, 2.24) is 20.1 Å². The Morgan fingerprint density at radius 1 is 1.18 bits per heavy atom. The lowest BCUT2D eigenvalue weighted by Crippen LogP contribution is -2.36. The van der Waals surface area contributed by atoms with Gasteiger partial charge in [-0.2, -0.15) is 5.10 Å². The predicted octanol–water partition coefficient (Wildman–Crippen LogP) is 5.99. The topological polar surface area (TPSA) is 69.3 Å². The van der Waals surface area contributed by atoms with E-state index in [0.717, 1.165) is 70.3 Å². The molecule has 34 heavy (non-hydrogen) atoms. The van der Waals surface area contributed by atoms with E-state index in [0.29, 0.717) is 5.90 Å². The number of rotatable bonds is 6. The number of ether oxygens (including phenoxy) is 1. The normalized spacial score (nSPS) is 16.1. The van der Waals surface area contributed by atoms with Crippen LogP contribution in [-0.4, -0.2) is 52.7 Å². The Labute approximate surface area is 200 Å². The third-order valence-electron chi connectivity index (χ3n) is 7.11. The summed E-state index contributed by atoms with van der Waals surface area (Å²) in [7, 11) is 1.77. The Morgan fingerprint density at radius 2 is 2.00 bits per heavy atom. The lowest BCUT2D eigenvalue weighted by Gasteiger charge is -2.34. The highest BCUT2D eigenvalue weighted by Crippen LogP contribution is 2.32. The van der Waals surface area contributed by atoms with Gasteiger partial charge in [-0.05, 0) is 73.2 Å². The Morgan fingerprint density at radius 3 is 2.76 bits per heavy atom. The molecule has 5 rings (SSSR count). The van der Waals surface area contributed by atoms with Crippen LogP contribution >= 0.6 is 0 Å². The molecule has 1 fully saturated rings. The fourth-order valence-electron chi connectivity index (χ4n) is 5.14. The number of aromatic nitrogens is 3. The fraction of sp³-hybridized carbons (Fsp3) is 0.357. The van der Waals surface area contributed by atoms with Crippen LogP contribution in [0, 0.1) is 11.8 Å². The number of hydrogen-bond acceptors (Lipinski definition) is 4. The molecule has 0 saturated carbocycles. The van der Waals surface area contributed by atoms with E-state index >= 15 is 0 Å². The molecule has 4 aromatic rings. The lowest BCUT2D eigenvalue weighted by molar-refractivity contribution is 0.155. The van der Waals surface area contributed by atoms with Crippen LogP contribution in [-0.2, 0) is 4.74 Å². The average Bonchev–Trinajstić information content (AvgIpc) is 3.51. The largest absolute Gasteiger partial charge is 0.442 e. The molecule has 0 radical (unpaired) electrons. The number of H-pyrrole nitrogens is 2. The van der Waals surface area contributed by atoms with Gasteiger partial charge in [0.05, 0.1) is 18.3 Å². The number of nitrogens with one attached hydrogen (secondary N) is 2. The first-order valence-corrected chi connectivity index (χ1v) is 12.1. The van der Waals surface area contributed by atoms with Gasteiger partial charge in [-0.3, -0.25) is 15.0 Å². The van der Waals surface area contributed by atoms with Crippen molar-refractivity contribution in [3.8, 4) is 11.1 Å². The molecule has 0 bridgehead atoms. The van der Waals surface area contributed by atoms with E-state index in [-0.39, 0.29) is 0 Å². The van der Waals surface area contributed by atoms with E-state index in [1.807, 2.05) is 12.4 Å². The maximum Gasteiger partial charge on any atom is 0.222 e. The van der Waals surface area contributed by atoms with Gasteiger partial charge in [-0.15, -0.1) is 0 Å². The Hall–Kier alpha value is -3.38. The van der Waals surface area contributed by atoms with E-state index in [9.17, 15) is 0 Å². The summed E-state index contributed by atoms with van der Waals surface area (Å²) in [5, 5.41) is 9.57. The molecule has 2 aromatic carbocycles. The first-order chi connectivity index (χ1) is 16.5. The van der Waals surface area contributed by atoms with Crippen LogP contribution in [0.3, 0.4) is 0 Å². The summed E-state index contributed by atoms with van der Waals surface area (Å²) in [5.41, 5.74) is 5.21. The molecule has 2 aromatic heterocycles. The van der Waals surface area contributed by atoms with Crippen molar-refractivity contribution in [1.29, 1.82) is 0 Å². The molecule has 2 N–H and O–H groups in total. The van der Waals surface area contributed by atoms with E-state index in [1.165, 1.54) is 18.2 Å². The molecule has 176 valence electrons. The maximum atomic E-state index is 6.27. The van der Waals surface area contributed by atoms with Crippen molar-refractivity contribution in [2.24, 2.45) is 16.8 Å². The fourth-order valence-corrected chi connectivity index (χ4v) is 5.14. The predicted molar refractivity (Wildman–Crippen MR) is 140 cm³/mol. The highest BCUT2D eigenvalue weighted by Gasteiger charge is 2.23. The Kier molecular flexibility index (Phi) is 6.24. The van der Waals surface area contributed by atoms with Crippen molar-refractivity contribution in [2.45, 2.75) is 26.7 Å². The molecule has 0 spiro atoms. The van der Waals surface area contributed by atoms with E-state index < -0.39 is 0 Å². The molecular formula is C28H33N5O. The monoisotopic (exact) mass is 455 g/mol. The van der Waals surface area contributed by atoms with Gasteiger partial charge in [-0.25, -0.2) is 0 Å². The smallest absolute Gasteiger partial charge is 0.222 e. The van der Waals surface area contributed by atoms with Crippen molar-refractivity contribution in [3.05, 3.63) is 66.7 Å². The minimum absolute atomic E-state index is 0.566. The number of fused-ring (bicyclic) bond motifs is 2. The van der Waals surface area contributed by atoms with Crippen LogP contribution in [0.1, 0.15) is 32.3 Å². The van der Waals surface area contributed by atoms with Crippen LogP contribution in [0.25, 0.3) is 32.9 Å². The van der Waals surface area contributed by atoms with Crippen molar-refractivity contribution in [2.75, 3.05) is 26.7 Å². The van der Waals surface area contributed by atoms with Crippen LogP contribution < -0.4 is 0 Å². The van der Waals surface area contributed by atoms with E-state index in [4.69, 9.17) is 4.74 Å². The molecule has 0 amide bonds. The summed E-state index contributed by atoms with van der Waals surface area (Å²) in [6.07, 6.45) is 6.28. The third-order valence-corrected chi connectivity index (χ3v) is 7.11. The standard InChI is InChI=1S/C28H33N5O/c1-18(2)20-9-12-33(13-10-20)17-19(3)34-28(29-4)24-14-21(15-27-25(24)16-31-32-27)22-6-5-7-26-23(22)8-11-30-26/h5-8,11,14-16,18,20,30H,3,9-10,12-13,17H2,1-2,4H3,(H,31,32). The summed E-state index contributed by atoms with van der Waals surface area (Å²) in [6.45, 7) is 11.8. The second-order valence-electron chi connectivity index (χ2n) is 9.63. The molecule has 0 atom stereocenters. The molecule has 1 aliphatic heterocycles. The summed E-state index contributed by atoms with van der Waals surface area (Å²) in [5.74, 6) is 2.86. The first kappa shape index (κ1) is 22.4. The summed E-state index contributed by atoms with van der Waals surface area (Å²) in [6, 6.07) is 12.7. The van der Waals surface area contributed by atoms with Gasteiger partial charge in [0.15, 0.2) is 0 Å². The maximum absolute atomic E-state index is 6.27. The molecule has 1 saturated heterocycles. The molecule has 1 aliphatic rings. The van der Waals surface area contributed by atoms with Crippen LogP contribution in [0.4, 0.5) is 0 Å². The molecule has 6 nitrogen and oxygen atoms in total. The Balaban J connectivity index is 1.40. The number of nitrogens with zero attached hydrogens (tertiary/aromatic N) is 3. The molecule has 3 heterocycles.